The van der Waals surface area contributed by atoms with E-state index in [4.69, 9.17) is 15.2 Å². The minimum atomic E-state index is 0.250. The van der Waals surface area contributed by atoms with Gasteiger partial charge in [-0.3, -0.25) is 0 Å². The Labute approximate surface area is 123 Å². The number of hydrogen-bond acceptors (Lipinski definition) is 6. The molecule has 0 radical (unpaired) electrons. The number of aromatic nitrogens is 4. The molecule has 2 heterocycles. The Kier molecular flexibility index (Phi) is 4.01. The van der Waals surface area contributed by atoms with Gasteiger partial charge in [-0.05, 0) is 42.3 Å². The average molecular weight is 289 g/mol. The molecule has 112 valence electrons. The van der Waals surface area contributed by atoms with Crippen LogP contribution in [0.25, 0.3) is 11.4 Å². The third-order valence-corrected chi connectivity index (χ3v) is 3.60. The number of hydrogen-bond donors (Lipinski definition) is 1. The van der Waals surface area contributed by atoms with Crippen LogP contribution in [-0.2, 0) is 4.74 Å². The highest BCUT2D eigenvalue weighted by atomic mass is 16.5. The first-order chi connectivity index (χ1) is 10.3. The molecule has 0 bridgehead atoms. The highest BCUT2D eigenvalue weighted by Crippen LogP contribution is 2.35. The molecule has 0 spiro atoms. The van der Waals surface area contributed by atoms with Gasteiger partial charge in [0.1, 0.15) is 0 Å². The zero-order chi connectivity index (χ0) is 14.7. The molecule has 0 amide bonds. The summed E-state index contributed by atoms with van der Waals surface area (Å²) in [6.45, 7) is 3.94. The maximum atomic E-state index is 6.02. The van der Waals surface area contributed by atoms with E-state index in [0.29, 0.717) is 23.9 Å². The second-order valence-electron chi connectivity index (χ2n) is 4.95. The summed E-state index contributed by atoms with van der Waals surface area (Å²) in [5.41, 5.74) is 7.44. The molecular formula is C14H19N5O2. The van der Waals surface area contributed by atoms with Gasteiger partial charge < -0.3 is 15.2 Å². The molecule has 1 aromatic carbocycles. The average Bonchev–Trinajstić information content (AvgIpc) is 3.00. The van der Waals surface area contributed by atoms with Crippen LogP contribution in [-0.4, -0.2) is 40.0 Å². The van der Waals surface area contributed by atoms with Gasteiger partial charge in [0, 0.05) is 13.2 Å². The minimum absolute atomic E-state index is 0.250. The zero-order valence-electron chi connectivity index (χ0n) is 12.0. The van der Waals surface area contributed by atoms with Crippen LogP contribution in [0.2, 0.25) is 0 Å². The minimum Gasteiger partial charge on any atom is -0.491 e. The van der Waals surface area contributed by atoms with Crippen LogP contribution in [0, 0.1) is 0 Å². The summed E-state index contributed by atoms with van der Waals surface area (Å²) < 4.78 is 12.9. The quantitative estimate of drug-likeness (QED) is 0.861. The zero-order valence-corrected chi connectivity index (χ0v) is 12.0. The van der Waals surface area contributed by atoms with Crippen LogP contribution in [0.15, 0.2) is 18.2 Å². The Morgan fingerprint density at radius 1 is 1.38 bits per heavy atom. The first kappa shape index (κ1) is 13.8. The van der Waals surface area contributed by atoms with Crippen molar-refractivity contribution in [3.63, 3.8) is 0 Å². The molecule has 1 aromatic heterocycles. The number of para-hydroxylation sites is 1. The fourth-order valence-electron chi connectivity index (χ4n) is 2.58. The van der Waals surface area contributed by atoms with Crippen molar-refractivity contribution in [1.29, 1.82) is 0 Å². The van der Waals surface area contributed by atoms with E-state index in [1.165, 1.54) is 0 Å². The SMILES string of the molecule is CCOc1c(N)cccc1-c1nnnn1C1CCOCC1. The molecule has 7 nitrogen and oxygen atoms in total. The van der Waals surface area contributed by atoms with E-state index in [-0.39, 0.29) is 6.04 Å². The number of ether oxygens (including phenoxy) is 2. The predicted octanol–water partition coefficient (Wildman–Crippen LogP) is 1.67. The molecular weight excluding hydrogens is 270 g/mol. The van der Waals surface area contributed by atoms with E-state index in [1.54, 1.807) is 0 Å². The maximum Gasteiger partial charge on any atom is 0.186 e. The Bertz CT molecular complexity index is 607. The van der Waals surface area contributed by atoms with Crippen molar-refractivity contribution >= 4 is 5.69 Å². The molecule has 1 aliphatic heterocycles. The van der Waals surface area contributed by atoms with Gasteiger partial charge in [-0.1, -0.05) is 6.07 Å². The molecule has 21 heavy (non-hydrogen) atoms. The van der Waals surface area contributed by atoms with Crippen LogP contribution in [0.5, 0.6) is 5.75 Å². The smallest absolute Gasteiger partial charge is 0.186 e. The van der Waals surface area contributed by atoms with Crippen LogP contribution in [0.1, 0.15) is 25.8 Å². The lowest BCUT2D eigenvalue weighted by Crippen LogP contribution is -2.21. The molecule has 1 aliphatic rings. The molecule has 0 aliphatic carbocycles. The van der Waals surface area contributed by atoms with Gasteiger partial charge in [-0.15, -0.1) is 5.10 Å². The standard InChI is InChI=1S/C14H19N5O2/c1-2-21-13-11(4-3-5-12(13)15)14-16-17-18-19(14)10-6-8-20-9-7-10/h3-5,10H,2,6-9,15H2,1H3. The van der Waals surface area contributed by atoms with Crippen molar-refractivity contribution in [2.45, 2.75) is 25.8 Å². The third kappa shape index (κ3) is 2.69. The summed E-state index contributed by atoms with van der Waals surface area (Å²) in [6.07, 6.45) is 1.81. The number of nitrogen functional groups attached to an aromatic ring is 1. The number of tetrazole rings is 1. The molecule has 1 saturated heterocycles. The van der Waals surface area contributed by atoms with Crippen molar-refractivity contribution in [3.8, 4) is 17.1 Å². The molecule has 1 fully saturated rings. The fraction of sp³-hybridized carbons (Fsp3) is 0.500. The lowest BCUT2D eigenvalue weighted by atomic mass is 10.1. The Morgan fingerprint density at radius 2 is 2.19 bits per heavy atom. The lowest BCUT2D eigenvalue weighted by molar-refractivity contribution is 0.0662. The summed E-state index contributed by atoms with van der Waals surface area (Å²) in [7, 11) is 0. The molecule has 7 heteroatoms. The monoisotopic (exact) mass is 289 g/mol. The van der Waals surface area contributed by atoms with E-state index in [1.807, 2.05) is 29.8 Å². The molecule has 3 rings (SSSR count). The van der Waals surface area contributed by atoms with E-state index in [2.05, 4.69) is 15.5 Å². The van der Waals surface area contributed by atoms with Gasteiger partial charge in [-0.25, -0.2) is 4.68 Å². The van der Waals surface area contributed by atoms with Crippen molar-refractivity contribution in [2.24, 2.45) is 0 Å². The van der Waals surface area contributed by atoms with Crippen molar-refractivity contribution in [3.05, 3.63) is 18.2 Å². The number of rotatable bonds is 4. The van der Waals surface area contributed by atoms with Crippen molar-refractivity contribution in [2.75, 3.05) is 25.6 Å². The largest absolute Gasteiger partial charge is 0.491 e. The van der Waals surface area contributed by atoms with Crippen LogP contribution in [0.4, 0.5) is 5.69 Å². The molecule has 0 atom stereocenters. The topological polar surface area (TPSA) is 88.1 Å². The van der Waals surface area contributed by atoms with Crippen LogP contribution in [0.3, 0.4) is 0 Å². The second kappa shape index (κ2) is 6.09. The maximum absolute atomic E-state index is 6.02. The Morgan fingerprint density at radius 3 is 2.95 bits per heavy atom. The van der Waals surface area contributed by atoms with E-state index >= 15 is 0 Å². The summed E-state index contributed by atoms with van der Waals surface area (Å²) in [5.74, 6) is 1.33. The van der Waals surface area contributed by atoms with Crippen LogP contribution >= 0.6 is 0 Å². The van der Waals surface area contributed by atoms with E-state index in [0.717, 1.165) is 31.6 Å². The number of benzene rings is 1. The lowest BCUT2D eigenvalue weighted by Gasteiger charge is -2.23. The van der Waals surface area contributed by atoms with Gasteiger partial charge in [0.2, 0.25) is 0 Å². The normalized spacial score (nSPS) is 16.0. The summed E-state index contributed by atoms with van der Waals surface area (Å²) in [6, 6.07) is 5.88. The van der Waals surface area contributed by atoms with Gasteiger partial charge in [-0.2, -0.15) is 0 Å². The van der Waals surface area contributed by atoms with Gasteiger partial charge >= 0.3 is 0 Å². The van der Waals surface area contributed by atoms with E-state index < -0.39 is 0 Å². The van der Waals surface area contributed by atoms with Crippen LogP contribution < -0.4 is 10.5 Å². The van der Waals surface area contributed by atoms with Gasteiger partial charge in [0.15, 0.2) is 11.6 Å². The van der Waals surface area contributed by atoms with Crippen molar-refractivity contribution < 1.29 is 9.47 Å². The van der Waals surface area contributed by atoms with Gasteiger partial charge in [0.25, 0.3) is 0 Å². The first-order valence-electron chi connectivity index (χ1n) is 7.18. The third-order valence-electron chi connectivity index (χ3n) is 3.60. The molecule has 0 saturated carbocycles. The molecule has 2 N–H and O–H groups in total. The van der Waals surface area contributed by atoms with Gasteiger partial charge in [0.05, 0.1) is 23.9 Å². The number of nitrogens with two attached hydrogens (primary N) is 1. The highest BCUT2D eigenvalue weighted by molar-refractivity contribution is 5.73. The highest BCUT2D eigenvalue weighted by Gasteiger charge is 2.23. The Hall–Kier alpha value is -2.15. The fourth-order valence-corrected chi connectivity index (χ4v) is 2.58. The van der Waals surface area contributed by atoms with E-state index in [9.17, 15) is 0 Å². The summed E-state index contributed by atoms with van der Waals surface area (Å²) >= 11 is 0. The molecule has 0 unspecified atom stereocenters. The molecule has 2 aromatic rings. The number of anilines is 1. The van der Waals surface area contributed by atoms with Crippen molar-refractivity contribution in [1.82, 2.24) is 20.2 Å². The first-order valence-corrected chi connectivity index (χ1v) is 7.18. The Balaban J connectivity index is 2.01. The summed E-state index contributed by atoms with van der Waals surface area (Å²) in [5, 5.41) is 12.2. The summed E-state index contributed by atoms with van der Waals surface area (Å²) in [4.78, 5) is 0. The number of nitrogens with zero attached hydrogens (tertiary/aromatic N) is 4. The predicted molar refractivity (Wildman–Crippen MR) is 77.9 cm³/mol. The second-order valence-corrected chi connectivity index (χ2v) is 4.95.